The molecule has 2 aromatic heterocycles. The third-order valence-corrected chi connectivity index (χ3v) is 5.64. The van der Waals surface area contributed by atoms with Gasteiger partial charge >= 0.3 is 0 Å². The maximum absolute atomic E-state index is 13.0. The Morgan fingerprint density at radius 3 is 2.92 bits per heavy atom. The first-order valence-corrected chi connectivity index (χ1v) is 9.94. The van der Waals surface area contributed by atoms with Crippen molar-refractivity contribution in [1.29, 1.82) is 0 Å². The highest BCUT2D eigenvalue weighted by Crippen LogP contribution is 2.27. The van der Waals surface area contributed by atoms with Crippen LogP contribution < -0.4 is 5.32 Å². The van der Waals surface area contributed by atoms with E-state index < -0.39 is 0 Å². The molecule has 0 unspecified atom stereocenters. The molecule has 0 bridgehead atoms. The van der Waals surface area contributed by atoms with Gasteiger partial charge in [-0.1, -0.05) is 18.2 Å². The monoisotopic (exact) mass is 366 g/mol. The number of thioether (sulfide) groups is 1. The summed E-state index contributed by atoms with van der Waals surface area (Å²) in [6, 6.07) is 13.9. The number of nitrogens with zero attached hydrogens (tertiary/aromatic N) is 3. The molecule has 26 heavy (non-hydrogen) atoms. The third kappa shape index (κ3) is 3.76. The minimum absolute atomic E-state index is 0.131. The molecule has 1 fully saturated rings. The van der Waals surface area contributed by atoms with Crippen molar-refractivity contribution in [3.8, 4) is 0 Å². The topological polar surface area (TPSA) is 49.6 Å². The number of carbonyl (C=O) groups excluding carboxylic acids is 1. The maximum Gasteiger partial charge on any atom is 0.255 e. The SMILES string of the molecule is O=C(c1ccccc1SCc1cn2ccccc2n1)N1CCCNCC1. The fourth-order valence-electron chi connectivity index (χ4n) is 3.20. The first kappa shape index (κ1) is 17.1. The van der Waals surface area contributed by atoms with Gasteiger partial charge in [0.1, 0.15) is 5.65 Å². The second-order valence-electron chi connectivity index (χ2n) is 6.38. The number of benzene rings is 1. The van der Waals surface area contributed by atoms with Crippen LogP contribution in [0.25, 0.3) is 5.65 Å². The van der Waals surface area contributed by atoms with Crippen LogP contribution in [0.3, 0.4) is 0 Å². The number of rotatable bonds is 4. The van der Waals surface area contributed by atoms with Crippen LogP contribution in [0.1, 0.15) is 22.5 Å². The van der Waals surface area contributed by atoms with Gasteiger partial charge in [-0.05, 0) is 37.2 Å². The van der Waals surface area contributed by atoms with Crippen molar-refractivity contribution in [1.82, 2.24) is 19.6 Å². The smallest absolute Gasteiger partial charge is 0.255 e. The number of pyridine rings is 1. The molecule has 0 radical (unpaired) electrons. The van der Waals surface area contributed by atoms with Gasteiger partial charge in [-0.2, -0.15) is 0 Å². The molecule has 0 spiro atoms. The largest absolute Gasteiger partial charge is 0.337 e. The van der Waals surface area contributed by atoms with Crippen LogP contribution >= 0.6 is 11.8 Å². The van der Waals surface area contributed by atoms with E-state index in [0.29, 0.717) is 0 Å². The predicted octanol–water partition coefficient (Wildman–Crippen LogP) is 3.06. The first-order chi connectivity index (χ1) is 12.8. The molecule has 3 aromatic rings. The summed E-state index contributed by atoms with van der Waals surface area (Å²) in [7, 11) is 0. The van der Waals surface area contributed by atoms with E-state index in [4.69, 9.17) is 0 Å². The quantitative estimate of drug-likeness (QED) is 0.721. The van der Waals surface area contributed by atoms with Gasteiger partial charge in [-0.3, -0.25) is 4.79 Å². The fourth-order valence-corrected chi connectivity index (χ4v) is 4.12. The van der Waals surface area contributed by atoms with Gasteiger partial charge in [0.2, 0.25) is 0 Å². The molecule has 3 heterocycles. The Hall–Kier alpha value is -2.31. The Morgan fingerprint density at radius 1 is 1.12 bits per heavy atom. The molecule has 4 rings (SSSR count). The third-order valence-electron chi connectivity index (χ3n) is 4.53. The molecule has 1 N–H and O–H groups in total. The van der Waals surface area contributed by atoms with Crippen LogP contribution in [0.5, 0.6) is 0 Å². The fraction of sp³-hybridized carbons (Fsp3) is 0.300. The number of carbonyl (C=O) groups is 1. The molecule has 0 saturated carbocycles. The molecule has 1 amide bonds. The first-order valence-electron chi connectivity index (χ1n) is 8.96. The second-order valence-corrected chi connectivity index (χ2v) is 7.40. The summed E-state index contributed by atoms with van der Waals surface area (Å²) in [5, 5.41) is 3.35. The average molecular weight is 366 g/mol. The Kier molecular flexibility index (Phi) is 5.22. The molecular formula is C20H22N4OS. The normalized spacial score (nSPS) is 15.2. The molecule has 5 nitrogen and oxygen atoms in total. The van der Waals surface area contributed by atoms with E-state index in [0.717, 1.165) is 60.2 Å². The summed E-state index contributed by atoms with van der Waals surface area (Å²) >= 11 is 1.67. The van der Waals surface area contributed by atoms with Crippen LogP contribution in [0.4, 0.5) is 0 Å². The summed E-state index contributed by atoms with van der Waals surface area (Å²) in [6.45, 7) is 3.43. The minimum Gasteiger partial charge on any atom is -0.337 e. The highest BCUT2D eigenvalue weighted by atomic mass is 32.2. The standard InChI is InChI=1S/C20H22N4OS/c25-20(23-12-5-9-21-10-13-23)17-6-1-2-7-18(17)26-15-16-14-24-11-4-3-8-19(24)22-16/h1-4,6-8,11,14,21H,5,9-10,12-13,15H2. The van der Waals surface area contributed by atoms with Gasteiger partial charge in [0.15, 0.2) is 0 Å². The number of nitrogens with one attached hydrogen (secondary N) is 1. The number of hydrogen-bond donors (Lipinski definition) is 1. The van der Waals surface area contributed by atoms with Gasteiger partial charge in [-0.15, -0.1) is 11.8 Å². The van der Waals surface area contributed by atoms with Crippen molar-refractivity contribution < 1.29 is 4.79 Å². The Bertz CT molecular complexity index is 866. The lowest BCUT2D eigenvalue weighted by molar-refractivity contribution is 0.0763. The summed E-state index contributed by atoms with van der Waals surface area (Å²) in [5.41, 5.74) is 2.76. The summed E-state index contributed by atoms with van der Waals surface area (Å²) in [5.74, 6) is 0.875. The lowest BCUT2D eigenvalue weighted by Gasteiger charge is -2.21. The molecule has 6 heteroatoms. The van der Waals surface area contributed by atoms with Crippen LogP contribution in [0.2, 0.25) is 0 Å². The minimum atomic E-state index is 0.131. The predicted molar refractivity (Wildman–Crippen MR) is 105 cm³/mol. The molecule has 1 saturated heterocycles. The number of aromatic nitrogens is 2. The van der Waals surface area contributed by atoms with Crippen molar-refractivity contribution in [3.63, 3.8) is 0 Å². The lowest BCUT2D eigenvalue weighted by atomic mass is 10.2. The van der Waals surface area contributed by atoms with E-state index in [1.807, 2.05) is 64.2 Å². The van der Waals surface area contributed by atoms with E-state index in [1.165, 1.54) is 0 Å². The number of imidazole rings is 1. The molecule has 1 aromatic carbocycles. The van der Waals surface area contributed by atoms with Crippen molar-refractivity contribution in [2.75, 3.05) is 26.2 Å². The Labute approximate surface area is 157 Å². The van der Waals surface area contributed by atoms with E-state index in [9.17, 15) is 4.79 Å². The van der Waals surface area contributed by atoms with E-state index in [1.54, 1.807) is 11.8 Å². The molecule has 0 aliphatic carbocycles. The van der Waals surface area contributed by atoms with Gasteiger partial charge < -0.3 is 14.6 Å². The molecule has 1 aliphatic rings. The van der Waals surface area contributed by atoms with Crippen molar-refractivity contribution in [2.45, 2.75) is 17.1 Å². The Balaban J connectivity index is 1.50. The van der Waals surface area contributed by atoms with Gasteiger partial charge in [0.25, 0.3) is 5.91 Å². The van der Waals surface area contributed by atoms with Gasteiger partial charge in [0, 0.05) is 42.7 Å². The summed E-state index contributed by atoms with van der Waals surface area (Å²) < 4.78 is 2.02. The van der Waals surface area contributed by atoms with Gasteiger partial charge in [0.05, 0.1) is 11.3 Å². The highest BCUT2D eigenvalue weighted by Gasteiger charge is 2.20. The summed E-state index contributed by atoms with van der Waals surface area (Å²) in [6.07, 6.45) is 5.05. The zero-order valence-corrected chi connectivity index (χ0v) is 15.4. The zero-order valence-electron chi connectivity index (χ0n) is 14.6. The average Bonchev–Trinajstić information content (AvgIpc) is 2.90. The lowest BCUT2D eigenvalue weighted by Crippen LogP contribution is -2.34. The second kappa shape index (κ2) is 7.93. The van der Waals surface area contributed by atoms with E-state index >= 15 is 0 Å². The Morgan fingerprint density at radius 2 is 2.00 bits per heavy atom. The highest BCUT2D eigenvalue weighted by molar-refractivity contribution is 7.98. The van der Waals surface area contributed by atoms with Crippen molar-refractivity contribution in [3.05, 3.63) is 66.1 Å². The molecule has 1 aliphatic heterocycles. The van der Waals surface area contributed by atoms with Crippen LogP contribution in [-0.2, 0) is 5.75 Å². The van der Waals surface area contributed by atoms with Crippen LogP contribution in [0.15, 0.2) is 59.8 Å². The maximum atomic E-state index is 13.0. The van der Waals surface area contributed by atoms with Crippen LogP contribution in [-0.4, -0.2) is 46.4 Å². The number of fused-ring (bicyclic) bond motifs is 1. The molecule has 0 atom stereocenters. The van der Waals surface area contributed by atoms with Crippen LogP contribution in [0, 0.1) is 0 Å². The van der Waals surface area contributed by atoms with E-state index in [-0.39, 0.29) is 5.91 Å². The summed E-state index contributed by atoms with van der Waals surface area (Å²) in [4.78, 5) is 20.6. The van der Waals surface area contributed by atoms with E-state index in [2.05, 4.69) is 10.3 Å². The zero-order chi connectivity index (χ0) is 17.8. The van der Waals surface area contributed by atoms with Crippen molar-refractivity contribution in [2.24, 2.45) is 0 Å². The number of amides is 1. The van der Waals surface area contributed by atoms with Gasteiger partial charge in [-0.25, -0.2) is 4.98 Å². The number of hydrogen-bond acceptors (Lipinski definition) is 4. The van der Waals surface area contributed by atoms with Crippen molar-refractivity contribution >= 4 is 23.3 Å². The molecular weight excluding hydrogens is 344 g/mol. The molecule has 134 valence electrons.